The standard InChI is InChI=1S/C21H28N2O3/c1-4-23(5-2)20(17-7-6-8-19(14-17)26-3)15-22-21(25)13-16-9-11-18(24)12-10-16/h6-12,14,20,24H,4-5,13,15H2,1-3H3,(H,22,25). The second-order valence-corrected chi connectivity index (χ2v) is 6.16. The third-order valence-corrected chi connectivity index (χ3v) is 4.53. The van der Waals surface area contributed by atoms with Crippen LogP contribution in [0.25, 0.3) is 0 Å². The van der Waals surface area contributed by atoms with Crippen LogP contribution < -0.4 is 10.1 Å². The van der Waals surface area contributed by atoms with Crippen LogP contribution in [0.15, 0.2) is 48.5 Å². The highest BCUT2D eigenvalue weighted by molar-refractivity contribution is 5.78. The molecule has 2 N–H and O–H groups in total. The zero-order chi connectivity index (χ0) is 18.9. The van der Waals surface area contributed by atoms with Gasteiger partial charge < -0.3 is 15.2 Å². The van der Waals surface area contributed by atoms with Crippen molar-refractivity contribution in [3.8, 4) is 11.5 Å². The van der Waals surface area contributed by atoms with Crippen molar-refractivity contribution >= 4 is 5.91 Å². The van der Waals surface area contributed by atoms with E-state index in [1.807, 2.05) is 18.2 Å². The van der Waals surface area contributed by atoms with E-state index in [0.717, 1.165) is 30.0 Å². The van der Waals surface area contributed by atoms with E-state index in [1.165, 1.54) is 0 Å². The fraction of sp³-hybridized carbons (Fsp3) is 0.381. The predicted molar refractivity (Wildman–Crippen MR) is 103 cm³/mol. The number of hydrogen-bond acceptors (Lipinski definition) is 4. The number of aromatic hydroxyl groups is 1. The van der Waals surface area contributed by atoms with Crippen LogP contribution in [0.5, 0.6) is 11.5 Å². The monoisotopic (exact) mass is 356 g/mol. The van der Waals surface area contributed by atoms with Gasteiger partial charge in [-0.05, 0) is 48.5 Å². The normalized spacial score (nSPS) is 12.0. The predicted octanol–water partition coefficient (Wildman–Crippen LogP) is 3.14. The number of rotatable bonds is 9. The molecule has 5 nitrogen and oxygen atoms in total. The maximum absolute atomic E-state index is 12.3. The summed E-state index contributed by atoms with van der Waals surface area (Å²) in [4.78, 5) is 14.7. The molecule has 0 saturated carbocycles. The summed E-state index contributed by atoms with van der Waals surface area (Å²) in [5.41, 5.74) is 2.00. The number of carbonyl (C=O) groups is 1. The Hall–Kier alpha value is -2.53. The average Bonchev–Trinajstić information content (AvgIpc) is 2.67. The molecule has 5 heteroatoms. The SMILES string of the molecule is CCN(CC)C(CNC(=O)Cc1ccc(O)cc1)c1cccc(OC)c1. The Labute approximate surface area is 155 Å². The molecule has 0 aromatic heterocycles. The van der Waals surface area contributed by atoms with Gasteiger partial charge >= 0.3 is 0 Å². The van der Waals surface area contributed by atoms with Gasteiger partial charge in [-0.25, -0.2) is 0 Å². The van der Waals surface area contributed by atoms with Gasteiger partial charge in [0, 0.05) is 6.54 Å². The minimum absolute atomic E-state index is 0.0317. The minimum atomic E-state index is -0.0317. The lowest BCUT2D eigenvalue weighted by Crippen LogP contribution is -2.38. The van der Waals surface area contributed by atoms with Crippen molar-refractivity contribution in [3.05, 3.63) is 59.7 Å². The molecule has 0 aliphatic heterocycles. The molecule has 0 aliphatic carbocycles. The molecule has 0 heterocycles. The minimum Gasteiger partial charge on any atom is -0.508 e. The molecule has 0 saturated heterocycles. The first-order valence-electron chi connectivity index (χ1n) is 9.00. The van der Waals surface area contributed by atoms with Crippen LogP contribution in [-0.4, -0.2) is 42.7 Å². The van der Waals surface area contributed by atoms with Crippen molar-refractivity contribution in [2.24, 2.45) is 0 Å². The Morgan fingerprint density at radius 1 is 1.15 bits per heavy atom. The number of carbonyl (C=O) groups excluding carboxylic acids is 1. The number of ether oxygens (including phenoxy) is 1. The second kappa shape index (κ2) is 9.82. The lowest BCUT2D eigenvalue weighted by atomic mass is 10.0. The van der Waals surface area contributed by atoms with E-state index < -0.39 is 0 Å². The molecular formula is C21H28N2O3. The van der Waals surface area contributed by atoms with E-state index in [9.17, 15) is 9.90 Å². The third kappa shape index (κ3) is 5.49. The molecule has 2 rings (SSSR count). The summed E-state index contributed by atoms with van der Waals surface area (Å²) in [5.74, 6) is 0.986. The van der Waals surface area contributed by atoms with Crippen LogP contribution in [0.3, 0.4) is 0 Å². The van der Waals surface area contributed by atoms with Crippen molar-refractivity contribution in [1.82, 2.24) is 10.2 Å². The third-order valence-electron chi connectivity index (χ3n) is 4.53. The van der Waals surface area contributed by atoms with Gasteiger partial charge in [0.2, 0.25) is 5.91 Å². The van der Waals surface area contributed by atoms with E-state index in [0.29, 0.717) is 13.0 Å². The fourth-order valence-electron chi connectivity index (χ4n) is 3.04. The van der Waals surface area contributed by atoms with Crippen LogP contribution in [0.4, 0.5) is 0 Å². The molecule has 1 amide bonds. The molecule has 0 radical (unpaired) electrons. The van der Waals surface area contributed by atoms with Crippen LogP contribution in [0.1, 0.15) is 31.0 Å². The van der Waals surface area contributed by atoms with Gasteiger partial charge in [0.1, 0.15) is 11.5 Å². The second-order valence-electron chi connectivity index (χ2n) is 6.16. The molecule has 0 spiro atoms. The summed E-state index contributed by atoms with van der Waals surface area (Å²) in [5, 5.41) is 12.4. The summed E-state index contributed by atoms with van der Waals surface area (Å²) in [6.45, 7) is 6.56. The molecule has 2 aromatic rings. The summed E-state index contributed by atoms with van der Waals surface area (Å²) < 4.78 is 5.34. The Morgan fingerprint density at radius 2 is 1.85 bits per heavy atom. The number of nitrogens with one attached hydrogen (secondary N) is 1. The van der Waals surface area contributed by atoms with Crippen LogP contribution in [0.2, 0.25) is 0 Å². The Kier molecular flexibility index (Phi) is 7.48. The van der Waals surface area contributed by atoms with E-state index in [1.54, 1.807) is 31.4 Å². The summed E-state index contributed by atoms with van der Waals surface area (Å²) in [6.07, 6.45) is 0.295. The lowest BCUT2D eigenvalue weighted by molar-refractivity contribution is -0.120. The zero-order valence-corrected chi connectivity index (χ0v) is 15.7. The number of nitrogens with zero attached hydrogens (tertiary/aromatic N) is 1. The Balaban J connectivity index is 2.06. The number of hydrogen-bond donors (Lipinski definition) is 2. The average molecular weight is 356 g/mol. The molecule has 0 bridgehead atoms. The maximum atomic E-state index is 12.3. The van der Waals surface area contributed by atoms with Gasteiger partial charge in [-0.1, -0.05) is 38.1 Å². The highest BCUT2D eigenvalue weighted by atomic mass is 16.5. The molecule has 1 atom stereocenters. The van der Waals surface area contributed by atoms with Gasteiger partial charge in [0.15, 0.2) is 0 Å². The number of methoxy groups -OCH3 is 1. The molecular weight excluding hydrogens is 328 g/mol. The quantitative estimate of drug-likeness (QED) is 0.725. The van der Waals surface area contributed by atoms with Gasteiger partial charge in [0.05, 0.1) is 19.6 Å². The summed E-state index contributed by atoms with van der Waals surface area (Å²) in [7, 11) is 1.66. The van der Waals surface area contributed by atoms with E-state index >= 15 is 0 Å². The van der Waals surface area contributed by atoms with Crippen LogP contribution in [0, 0.1) is 0 Å². The highest BCUT2D eigenvalue weighted by Crippen LogP contribution is 2.23. The van der Waals surface area contributed by atoms with Gasteiger partial charge in [-0.3, -0.25) is 9.69 Å². The van der Waals surface area contributed by atoms with Gasteiger partial charge in [-0.2, -0.15) is 0 Å². The zero-order valence-electron chi connectivity index (χ0n) is 15.7. The van der Waals surface area contributed by atoms with Gasteiger partial charge in [-0.15, -0.1) is 0 Å². The van der Waals surface area contributed by atoms with Crippen molar-refractivity contribution < 1.29 is 14.6 Å². The smallest absolute Gasteiger partial charge is 0.224 e. The first-order valence-corrected chi connectivity index (χ1v) is 9.00. The lowest BCUT2D eigenvalue weighted by Gasteiger charge is -2.30. The maximum Gasteiger partial charge on any atom is 0.224 e. The van der Waals surface area contributed by atoms with E-state index in [-0.39, 0.29) is 17.7 Å². The Morgan fingerprint density at radius 3 is 2.46 bits per heavy atom. The summed E-state index contributed by atoms with van der Waals surface area (Å²) >= 11 is 0. The molecule has 0 aliphatic rings. The fourth-order valence-corrected chi connectivity index (χ4v) is 3.04. The Bertz CT molecular complexity index is 697. The molecule has 0 fully saturated rings. The van der Waals surface area contributed by atoms with Crippen LogP contribution >= 0.6 is 0 Å². The largest absolute Gasteiger partial charge is 0.508 e. The highest BCUT2D eigenvalue weighted by Gasteiger charge is 2.19. The van der Waals surface area contributed by atoms with E-state index in [4.69, 9.17) is 4.74 Å². The number of amides is 1. The number of benzene rings is 2. The summed E-state index contributed by atoms with van der Waals surface area (Å²) in [6, 6.07) is 14.8. The number of phenolic OH excluding ortho intramolecular Hbond substituents is 1. The van der Waals surface area contributed by atoms with E-state index in [2.05, 4.69) is 30.1 Å². The van der Waals surface area contributed by atoms with Crippen LogP contribution in [-0.2, 0) is 11.2 Å². The topological polar surface area (TPSA) is 61.8 Å². The molecule has 26 heavy (non-hydrogen) atoms. The van der Waals surface area contributed by atoms with Gasteiger partial charge in [0.25, 0.3) is 0 Å². The van der Waals surface area contributed by atoms with Crippen molar-refractivity contribution in [3.63, 3.8) is 0 Å². The number of phenols is 1. The molecule has 140 valence electrons. The van der Waals surface area contributed by atoms with Crippen molar-refractivity contribution in [2.75, 3.05) is 26.7 Å². The van der Waals surface area contributed by atoms with Crippen molar-refractivity contribution in [1.29, 1.82) is 0 Å². The van der Waals surface area contributed by atoms with Crippen molar-refractivity contribution in [2.45, 2.75) is 26.3 Å². The first-order chi connectivity index (χ1) is 12.6. The molecule has 1 unspecified atom stereocenters. The molecule has 2 aromatic carbocycles. The number of likely N-dealkylation sites (N-methyl/N-ethyl adjacent to an activating group) is 1. The first kappa shape index (κ1) is 19.8.